The molecule has 0 aliphatic carbocycles. The van der Waals surface area contributed by atoms with Crippen molar-refractivity contribution in [3.63, 3.8) is 0 Å². The van der Waals surface area contributed by atoms with Gasteiger partial charge in [0, 0.05) is 38.8 Å². The topological polar surface area (TPSA) is 18.5 Å². The van der Waals surface area contributed by atoms with E-state index >= 15 is 0 Å². The third-order valence-corrected chi connectivity index (χ3v) is 3.27. The van der Waals surface area contributed by atoms with Crippen molar-refractivity contribution in [2.45, 2.75) is 12.5 Å². The molecule has 0 radical (unpaired) electrons. The van der Waals surface area contributed by atoms with Crippen molar-refractivity contribution in [2.24, 2.45) is 0 Å². The van der Waals surface area contributed by atoms with E-state index in [1.807, 2.05) is 0 Å². The van der Waals surface area contributed by atoms with E-state index in [9.17, 15) is 0 Å². The zero-order chi connectivity index (χ0) is 9.80. The Hall–Kier alpha value is -0.560. The molecule has 0 amide bonds. The lowest BCUT2D eigenvalue weighted by molar-refractivity contribution is 0.111. The van der Waals surface area contributed by atoms with E-state index < -0.39 is 0 Å². The second kappa shape index (κ2) is 4.79. The molecule has 0 saturated carbocycles. The summed E-state index contributed by atoms with van der Waals surface area (Å²) in [5, 5.41) is 3.42. The van der Waals surface area contributed by atoms with Crippen LogP contribution in [0.15, 0.2) is 0 Å². The Labute approximate surface area is 86.4 Å². The van der Waals surface area contributed by atoms with Gasteiger partial charge in [-0.15, -0.1) is 6.42 Å². The maximum Gasteiger partial charge on any atom is 0.0599 e. The number of nitrogens with one attached hydrogen (secondary N) is 1. The van der Waals surface area contributed by atoms with Gasteiger partial charge in [0.1, 0.15) is 0 Å². The zero-order valence-electron chi connectivity index (χ0n) is 8.71. The Morgan fingerprint density at radius 2 is 2.07 bits per heavy atom. The fourth-order valence-corrected chi connectivity index (χ4v) is 2.37. The van der Waals surface area contributed by atoms with E-state index in [0.717, 1.165) is 25.7 Å². The smallest absolute Gasteiger partial charge is 0.0599 e. The molecule has 1 unspecified atom stereocenters. The summed E-state index contributed by atoms with van der Waals surface area (Å²) in [4.78, 5) is 4.96. The summed E-state index contributed by atoms with van der Waals surface area (Å²) < 4.78 is 0. The molecule has 0 spiro atoms. The number of piperazine rings is 1. The summed E-state index contributed by atoms with van der Waals surface area (Å²) in [7, 11) is 0. The van der Waals surface area contributed by atoms with Crippen LogP contribution in [0.2, 0.25) is 0 Å². The molecule has 0 bridgehead atoms. The summed E-state index contributed by atoms with van der Waals surface area (Å²) in [5.41, 5.74) is 0. The fraction of sp³-hybridized carbons (Fsp3) is 0.818. The quantitative estimate of drug-likeness (QED) is 0.602. The molecule has 2 rings (SSSR count). The van der Waals surface area contributed by atoms with E-state index in [2.05, 4.69) is 21.0 Å². The van der Waals surface area contributed by atoms with Gasteiger partial charge in [0.2, 0.25) is 0 Å². The van der Waals surface area contributed by atoms with Crippen molar-refractivity contribution in [3.05, 3.63) is 0 Å². The van der Waals surface area contributed by atoms with E-state index in [1.54, 1.807) is 0 Å². The van der Waals surface area contributed by atoms with Gasteiger partial charge in [-0.2, -0.15) is 0 Å². The maximum absolute atomic E-state index is 5.30. The average Bonchev–Trinajstić information content (AvgIpc) is 2.72. The monoisotopic (exact) mass is 193 g/mol. The first kappa shape index (κ1) is 9.97. The molecule has 14 heavy (non-hydrogen) atoms. The van der Waals surface area contributed by atoms with Crippen LogP contribution in [0.25, 0.3) is 0 Å². The molecule has 3 heteroatoms. The van der Waals surface area contributed by atoms with Gasteiger partial charge in [-0.05, 0) is 13.0 Å². The predicted molar refractivity (Wildman–Crippen MR) is 58.1 cm³/mol. The van der Waals surface area contributed by atoms with Gasteiger partial charge < -0.3 is 5.32 Å². The minimum atomic E-state index is 0.781. The Morgan fingerprint density at radius 3 is 2.64 bits per heavy atom. The minimum Gasteiger partial charge on any atom is -0.315 e. The lowest BCUT2D eigenvalue weighted by Crippen LogP contribution is -2.50. The molecule has 2 heterocycles. The highest BCUT2D eigenvalue weighted by Crippen LogP contribution is 2.11. The van der Waals surface area contributed by atoms with Gasteiger partial charge in [0.15, 0.2) is 0 Å². The third kappa shape index (κ3) is 2.27. The molecule has 2 aliphatic heterocycles. The Bertz CT molecular complexity index is 207. The molecule has 1 N–H and O–H groups in total. The second-order valence-electron chi connectivity index (χ2n) is 4.16. The number of terminal acetylenes is 1. The minimum absolute atomic E-state index is 0.781. The number of nitrogens with zero attached hydrogens (tertiary/aromatic N) is 2. The van der Waals surface area contributed by atoms with Crippen LogP contribution in [0.5, 0.6) is 0 Å². The number of hydrogen-bond acceptors (Lipinski definition) is 3. The first-order valence-electron chi connectivity index (χ1n) is 5.51. The SMILES string of the molecule is C#CCN1CCN(C2CCNC2)CC1. The number of rotatable bonds is 2. The van der Waals surface area contributed by atoms with Crippen molar-refractivity contribution < 1.29 is 0 Å². The highest BCUT2D eigenvalue weighted by Gasteiger charge is 2.25. The van der Waals surface area contributed by atoms with Crippen LogP contribution in [0.3, 0.4) is 0 Å². The van der Waals surface area contributed by atoms with Crippen LogP contribution in [0, 0.1) is 12.3 Å². The van der Waals surface area contributed by atoms with Gasteiger partial charge in [-0.3, -0.25) is 9.80 Å². The molecule has 1 atom stereocenters. The lowest BCUT2D eigenvalue weighted by atomic mass is 10.2. The van der Waals surface area contributed by atoms with Crippen molar-refractivity contribution in [2.75, 3.05) is 45.8 Å². The van der Waals surface area contributed by atoms with Gasteiger partial charge in [0.05, 0.1) is 6.54 Å². The highest BCUT2D eigenvalue weighted by molar-refractivity contribution is 4.91. The van der Waals surface area contributed by atoms with Crippen molar-refractivity contribution in [1.29, 1.82) is 0 Å². The molecule has 0 aromatic heterocycles. The van der Waals surface area contributed by atoms with Crippen molar-refractivity contribution in [3.8, 4) is 12.3 Å². The largest absolute Gasteiger partial charge is 0.315 e. The van der Waals surface area contributed by atoms with Gasteiger partial charge in [0.25, 0.3) is 0 Å². The normalized spacial score (nSPS) is 30.4. The molecule has 0 aromatic carbocycles. The average molecular weight is 193 g/mol. The van der Waals surface area contributed by atoms with Crippen LogP contribution < -0.4 is 5.32 Å². The summed E-state index contributed by atoms with van der Waals surface area (Å²) >= 11 is 0. The Morgan fingerprint density at radius 1 is 1.29 bits per heavy atom. The molecule has 78 valence electrons. The van der Waals surface area contributed by atoms with Crippen LogP contribution in [-0.2, 0) is 0 Å². The van der Waals surface area contributed by atoms with Crippen LogP contribution in [-0.4, -0.2) is 61.7 Å². The molecule has 0 aromatic rings. The Balaban J connectivity index is 1.75. The summed E-state index contributed by atoms with van der Waals surface area (Å²) in [6.07, 6.45) is 6.62. The predicted octanol–water partition coefficient (Wildman–Crippen LogP) is -0.401. The van der Waals surface area contributed by atoms with E-state index in [-0.39, 0.29) is 0 Å². The van der Waals surface area contributed by atoms with Crippen LogP contribution in [0.4, 0.5) is 0 Å². The van der Waals surface area contributed by atoms with Crippen LogP contribution in [0.1, 0.15) is 6.42 Å². The first-order chi connectivity index (χ1) is 6.90. The Kier molecular flexibility index (Phi) is 3.41. The molecule has 2 aliphatic rings. The molecular formula is C11H19N3. The van der Waals surface area contributed by atoms with Gasteiger partial charge in [-0.1, -0.05) is 5.92 Å². The zero-order valence-corrected chi connectivity index (χ0v) is 8.71. The molecule has 2 saturated heterocycles. The summed E-state index contributed by atoms with van der Waals surface area (Å²) in [6.45, 7) is 7.84. The van der Waals surface area contributed by atoms with Gasteiger partial charge >= 0.3 is 0 Å². The fourth-order valence-electron chi connectivity index (χ4n) is 2.37. The van der Waals surface area contributed by atoms with Crippen molar-refractivity contribution in [1.82, 2.24) is 15.1 Å². The number of hydrogen-bond donors (Lipinski definition) is 1. The van der Waals surface area contributed by atoms with E-state index in [1.165, 1.54) is 32.6 Å². The second-order valence-corrected chi connectivity index (χ2v) is 4.16. The maximum atomic E-state index is 5.30. The van der Waals surface area contributed by atoms with E-state index in [0.29, 0.717) is 0 Å². The molecule has 3 nitrogen and oxygen atoms in total. The van der Waals surface area contributed by atoms with Crippen molar-refractivity contribution >= 4 is 0 Å². The standard InChI is InChI=1S/C11H19N3/c1-2-5-13-6-8-14(9-7-13)11-3-4-12-10-11/h1,11-12H,3-10H2. The first-order valence-corrected chi connectivity index (χ1v) is 5.51. The molecular weight excluding hydrogens is 174 g/mol. The molecule has 2 fully saturated rings. The van der Waals surface area contributed by atoms with Gasteiger partial charge in [-0.25, -0.2) is 0 Å². The lowest BCUT2D eigenvalue weighted by Gasteiger charge is -2.37. The highest BCUT2D eigenvalue weighted by atomic mass is 15.3. The summed E-state index contributed by atoms with van der Waals surface area (Å²) in [6, 6.07) is 0.781. The third-order valence-electron chi connectivity index (χ3n) is 3.27. The van der Waals surface area contributed by atoms with Crippen LogP contribution >= 0.6 is 0 Å². The van der Waals surface area contributed by atoms with E-state index in [4.69, 9.17) is 6.42 Å². The summed E-state index contributed by atoms with van der Waals surface area (Å²) in [5.74, 6) is 2.72.